The number of carbonyl (C=O) groups excluding carboxylic acids is 1. The number of aromatic nitrogens is 5. The number of halogens is 1. The Morgan fingerprint density at radius 2 is 2.07 bits per heavy atom. The second kappa shape index (κ2) is 7.49. The normalized spacial score (nSPS) is 10.6. The molecule has 0 unspecified atom stereocenters. The average molecular weight is 397 g/mol. The van der Waals surface area contributed by atoms with Gasteiger partial charge in [-0.1, -0.05) is 11.6 Å². The number of oxazole rings is 1. The SMILES string of the molecule is COc1cc(-n2cnnn2)c(Cl)cc1C(=O)Nc1ccc(-c2cnco2)cc1. The van der Waals surface area contributed by atoms with Gasteiger partial charge in [0.15, 0.2) is 12.2 Å². The van der Waals surface area contributed by atoms with Crippen molar-refractivity contribution in [3.63, 3.8) is 0 Å². The highest BCUT2D eigenvalue weighted by Crippen LogP contribution is 2.30. The van der Waals surface area contributed by atoms with Crippen molar-refractivity contribution in [1.82, 2.24) is 25.2 Å². The fraction of sp³-hybridized carbons (Fsp3) is 0.0556. The summed E-state index contributed by atoms with van der Waals surface area (Å²) in [7, 11) is 1.47. The number of anilines is 1. The van der Waals surface area contributed by atoms with Crippen LogP contribution in [0.15, 0.2) is 59.7 Å². The first-order valence-electron chi connectivity index (χ1n) is 8.07. The molecule has 0 bridgehead atoms. The van der Waals surface area contributed by atoms with Crippen molar-refractivity contribution in [2.45, 2.75) is 0 Å². The molecule has 4 rings (SSSR count). The largest absolute Gasteiger partial charge is 0.496 e. The number of hydrogen-bond donors (Lipinski definition) is 1. The molecule has 4 aromatic rings. The maximum absolute atomic E-state index is 12.7. The van der Waals surface area contributed by atoms with Crippen LogP contribution in [-0.2, 0) is 0 Å². The van der Waals surface area contributed by atoms with E-state index < -0.39 is 0 Å². The summed E-state index contributed by atoms with van der Waals surface area (Å²) in [6.07, 6.45) is 4.38. The Morgan fingerprint density at radius 3 is 2.71 bits per heavy atom. The van der Waals surface area contributed by atoms with Crippen LogP contribution in [0.2, 0.25) is 5.02 Å². The summed E-state index contributed by atoms with van der Waals surface area (Å²) in [6.45, 7) is 0. The molecule has 0 saturated carbocycles. The predicted octanol–water partition coefficient (Wildman–Crippen LogP) is 3.23. The van der Waals surface area contributed by atoms with Gasteiger partial charge in [0.05, 0.1) is 29.6 Å². The third-order valence-corrected chi connectivity index (χ3v) is 4.27. The molecule has 2 aromatic carbocycles. The van der Waals surface area contributed by atoms with Gasteiger partial charge in [-0.3, -0.25) is 4.79 Å². The second-order valence-corrected chi connectivity index (χ2v) is 6.06. The summed E-state index contributed by atoms with van der Waals surface area (Å²) in [5, 5.41) is 14.1. The van der Waals surface area contributed by atoms with Crippen molar-refractivity contribution < 1.29 is 13.9 Å². The van der Waals surface area contributed by atoms with Crippen LogP contribution in [0.4, 0.5) is 5.69 Å². The number of nitrogens with one attached hydrogen (secondary N) is 1. The van der Waals surface area contributed by atoms with Crippen molar-refractivity contribution in [2.75, 3.05) is 12.4 Å². The Bertz CT molecular complexity index is 1100. The van der Waals surface area contributed by atoms with E-state index in [0.717, 1.165) is 5.56 Å². The lowest BCUT2D eigenvalue weighted by atomic mass is 10.1. The number of methoxy groups -OCH3 is 1. The minimum atomic E-state index is -0.366. The lowest BCUT2D eigenvalue weighted by molar-refractivity contribution is 0.102. The quantitative estimate of drug-likeness (QED) is 0.551. The molecule has 0 saturated heterocycles. The predicted molar refractivity (Wildman–Crippen MR) is 101 cm³/mol. The molecule has 0 aliphatic carbocycles. The molecular formula is C18H13ClN6O3. The molecule has 0 atom stereocenters. The van der Waals surface area contributed by atoms with Crippen LogP contribution in [0, 0.1) is 0 Å². The highest BCUT2D eigenvalue weighted by atomic mass is 35.5. The zero-order chi connectivity index (χ0) is 19.5. The summed E-state index contributed by atoms with van der Waals surface area (Å²) in [4.78, 5) is 16.6. The van der Waals surface area contributed by atoms with Gasteiger partial charge in [-0.2, -0.15) is 4.68 Å². The Kier molecular flexibility index (Phi) is 4.73. The van der Waals surface area contributed by atoms with Crippen LogP contribution in [0.25, 0.3) is 17.0 Å². The van der Waals surface area contributed by atoms with Gasteiger partial charge in [0, 0.05) is 17.3 Å². The zero-order valence-corrected chi connectivity index (χ0v) is 15.3. The molecule has 0 radical (unpaired) electrons. The van der Waals surface area contributed by atoms with Crippen LogP contribution in [0.5, 0.6) is 5.75 Å². The molecule has 28 heavy (non-hydrogen) atoms. The third kappa shape index (κ3) is 3.42. The Hall–Kier alpha value is -3.72. The number of tetrazole rings is 1. The van der Waals surface area contributed by atoms with E-state index in [1.54, 1.807) is 24.4 Å². The first-order valence-corrected chi connectivity index (χ1v) is 8.44. The average Bonchev–Trinajstić information content (AvgIpc) is 3.42. The van der Waals surface area contributed by atoms with Crippen LogP contribution in [0.1, 0.15) is 10.4 Å². The van der Waals surface area contributed by atoms with E-state index in [1.807, 2.05) is 12.1 Å². The van der Waals surface area contributed by atoms with Gasteiger partial charge < -0.3 is 14.5 Å². The maximum Gasteiger partial charge on any atom is 0.259 e. The van der Waals surface area contributed by atoms with Gasteiger partial charge in [0.1, 0.15) is 12.1 Å². The lowest BCUT2D eigenvalue weighted by Gasteiger charge is -2.12. The van der Waals surface area contributed by atoms with Crippen LogP contribution in [0.3, 0.4) is 0 Å². The Balaban J connectivity index is 1.58. The highest BCUT2D eigenvalue weighted by Gasteiger charge is 2.18. The fourth-order valence-corrected chi connectivity index (χ4v) is 2.86. The number of carbonyl (C=O) groups is 1. The van der Waals surface area contributed by atoms with Gasteiger partial charge in [-0.25, -0.2) is 4.98 Å². The van der Waals surface area contributed by atoms with E-state index in [2.05, 4.69) is 25.8 Å². The number of benzene rings is 2. The van der Waals surface area contributed by atoms with Crippen molar-refractivity contribution >= 4 is 23.2 Å². The summed E-state index contributed by atoms with van der Waals surface area (Å²) in [5.41, 5.74) is 2.23. The molecule has 1 amide bonds. The molecule has 10 heteroatoms. The molecule has 0 aliphatic rings. The van der Waals surface area contributed by atoms with Crippen molar-refractivity contribution in [3.05, 3.63) is 65.9 Å². The summed E-state index contributed by atoms with van der Waals surface area (Å²) in [5.74, 6) is 0.615. The monoisotopic (exact) mass is 396 g/mol. The lowest BCUT2D eigenvalue weighted by Crippen LogP contribution is -2.14. The van der Waals surface area contributed by atoms with E-state index in [4.69, 9.17) is 20.8 Å². The standard InChI is InChI=1S/C18H13ClN6O3/c1-27-16-7-15(25-9-21-23-24-25)14(19)6-13(16)18(26)22-12-4-2-11(3-5-12)17-8-20-10-28-17/h2-10H,1H3,(H,22,26). The van der Waals surface area contributed by atoms with Crippen molar-refractivity contribution in [3.8, 4) is 22.8 Å². The van der Waals surface area contributed by atoms with Crippen LogP contribution < -0.4 is 10.1 Å². The maximum atomic E-state index is 12.7. The Morgan fingerprint density at radius 1 is 1.25 bits per heavy atom. The van der Waals surface area contributed by atoms with Gasteiger partial charge in [0.2, 0.25) is 0 Å². The molecule has 0 spiro atoms. The zero-order valence-electron chi connectivity index (χ0n) is 14.5. The molecule has 9 nitrogen and oxygen atoms in total. The Labute approximate surface area is 163 Å². The second-order valence-electron chi connectivity index (χ2n) is 5.66. The van der Waals surface area contributed by atoms with Crippen molar-refractivity contribution in [2.24, 2.45) is 0 Å². The van der Waals surface area contributed by atoms with Gasteiger partial charge in [-0.05, 0) is 40.8 Å². The fourth-order valence-electron chi connectivity index (χ4n) is 2.61. The summed E-state index contributed by atoms with van der Waals surface area (Å²) < 4.78 is 12.0. The summed E-state index contributed by atoms with van der Waals surface area (Å²) in [6, 6.07) is 10.3. The first-order chi connectivity index (χ1) is 13.7. The molecule has 0 aliphatic heterocycles. The van der Waals surface area contributed by atoms with E-state index in [-0.39, 0.29) is 11.5 Å². The van der Waals surface area contributed by atoms with Crippen molar-refractivity contribution in [1.29, 1.82) is 0 Å². The van der Waals surface area contributed by atoms with E-state index in [1.165, 1.54) is 30.6 Å². The number of ether oxygens (including phenoxy) is 1. The molecule has 0 fully saturated rings. The molecule has 1 N–H and O–H groups in total. The first kappa shape index (κ1) is 17.7. The number of rotatable bonds is 5. The van der Waals surface area contributed by atoms with E-state index in [0.29, 0.717) is 27.9 Å². The van der Waals surface area contributed by atoms with Gasteiger partial charge in [-0.15, -0.1) is 5.10 Å². The van der Waals surface area contributed by atoms with Gasteiger partial charge in [0.25, 0.3) is 5.91 Å². The minimum absolute atomic E-state index is 0.281. The number of hydrogen-bond acceptors (Lipinski definition) is 7. The molecule has 2 heterocycles. The molecule has 2 aromatic heterocycles. The van der Waals surface area contributed by atoms with E-state index >= 15 is 0 Å². The molecule has 140 valence electrons. The third-order valence-electron chi connectivity index (χ3n) is 3.97. The minimum Gasteiger partial charge on any atom is -0.496 e. The topological polar surface area (TPSA) is 108 Å². The van der Waals surface area contributed by atoms with Crippen LogP contribution >= 0.6 is 11.6 Å². The van der Waals surface area contributed by atoms with Gasteiger partial charge >= 0.3 is 0 Å². The smallest absolute Gasteiger partial charge is 0.259 e. The van der Waals surface area contributed by atoms with E-state index in [9.17, 15) is 4.79 Å². The number of nitrogens with zero attached hydrogens (tertiary/aromatic N) is 5. The summed E-state index contributed by atoms with van der Waals surface area (Å²) >= 11 is 6.31. The number of amides is 1. The van der Waals surface area contributed by atoms with Crippen LogP contribution in [-0.4, -0.2) is 38.2 Å². The molecular weight excluding hydrogens is 384 g/mol. The highest BCUT2D eigenvalue weighted by molar-refractivity contribution is 6.33.